The highest BCUT2D eigenvalue weighted by molar-refractivity contribution is 6.31. The van der Waals surface area contributed by atoms with E-state index in [0.717, 1.165) is 30.7 Å². The molecule has 1 nitrogen and oxygen atoms in total. The Morgan fingerprint density at radius 2 is 2.13 bits per heavy atom. The standard InChI is InChI=1S/C13H15ClO/c14-10-4-1-3-9-5-6-11(15)13(12(9)10)7-2-8-13/h1,3-4,11,15H,2,5-8H2. The normalized spacial score (nSPS) is 27.2. The average Bonchev–Trinajstić information content (AvgIpc) is 2.16. The Labute approximate surface area is 95.1 Å². The molecule has 0 radical (unpaired) electrons. The molecule has 1 unspecified atom stereocenters. The molecule has 0 aliphatic heterocycles. The van der Waals surface area contributed by atoms with Crippen LogP contribution in [0.4, 0.5) is 0 Å². The molecule has 0 amide bonds. The highest BCUT2D eigenvalue weighted by Crippen LogP contribution is 2.53. The van der Waals surface area contributed by atoms with Gasteiger partial charge in [0.25, 0.3) is 0 Å². The van der Waals surface area contributed by atoms with Gasteiger partial charge < -0.3 is 5.11 Å². The van der Waals surface area contributed by atoms with Crippen LogP contribution >= 0.6 is 11.6 Å². The van der Waals surface area contributed by atoms with Crippen molar-refractivity contribution in [2.45, 2.75) is 43.6 Å². The summed E-state index contributed by atoms with van der Waals surface area (Å²) in [5.74, 6) is 0. The SMILES string of the molecule is OC1CCc2cccc(Cl)c2C12CCC2. The zero-order valence-corrected chi connectivity index (χ0v) is 9.43. The molecule has 1 saturated carbocycles. The van der Waals surface area contributed by atoms with E-state index in [2.05, 4.69) is 6.07 Å². The first-order valence-electron chi connectivity index (χ1n) is 5.70. The van der Waals surface area contributed by atoms with Crippen molar-refractivity contribution in [2.24, 2.45) is 0 Å². The van der Waals surface area contributed by atoms with Crippen molar-refractivity contribution in [2.75, 3.05) is 0 Å². The summed E-state index contributed by atoms with van der Waals surface area (Å²) in [6.45, 7) is 0. The van der Waals surface area contributed by atoms with Gasteiger partial charge >= 0.3 is 0 Å². The molecule has 2 heteroatoms. The van der Waals surface area contributed by atoms with Crippen LogP contribution in [0.5, 0.6) is 0 Å². The third-order valence-corrected chi connectivity index (χ3v) is 4.48. The van der Waals surface area contributed by atoms with Crippen molar-refractivity contribution in [1.29, 1.82) is 0 Å². The Hall–Kier alpha value is -0.530. The zero-order valence-electron chi connectivity index (χ0n) is 8.67. The molecule has 0 bridgehead atoms. The predicted octanol–water partition coefficient (Wildman–Crippen LogP) is 3.07. The zero-order chi connectivity index (χ0) is 10.5. The minimum absolute atomic E-state index is 0.00588. The summed E-state index contributed by atoms with van der Waals surface area (Å²) in [5.41, 5.74) is 2.61. The van der Waals surface area contributed by atoms with Crippen LogP contribution in [-0.2, 0) is 11.8 Å². The number of aliphatic hydroxyl groups excluding tert-OH is 1. The number of rotatable bonds is 0. The lowest BCUT2D eigenvalue weighted by Gasteiger charge is -2.50. The Morgan fingerprint density at radius 1 is 1.33 bits per heavy atom. The van der Waals surface area contributed by atoms with Crippen LogP contribution in [0.25, 0.3) is 0 Å². The van der Waals surface area contributed by atoms with Gasteiger partial charge in [0, 0.05) is 10.4 Å². The smallest absolute Gasteiger partial charge is 0.0640 e. The minimum Gasteiger partial charge on any atom is -0.392 e. The highest BCUT2D eigenvalue weighted by Gasteiger charge is 2.48. The molecule has 15 heavy (non-hydrogen) atoms. The molecule has 2 aliphatic rings. The van der Waals surface area contributed by atoms with E-state index in [1.807, 2.05) is 12.1 Å². The summed E-state index contributed by atoms with van der Waals surface area (Å²) >= 11 is 6.29. The van der Waals surface area contributed by atoms with E-state index in [9.17, 15) is 5.11 Å². The van der Waals surface area contributed by atoms with E-state index in [1.54, 1.807) is 0 Å². The third-order valence-electron chi connectivity index (χ3n) is 4.17. The molecule has 0 saturated heterocycles. The molecule has 1 N–H and O–H groups in total. The monoisotopic (exact) mass is 222 g/mol. The number of hydrogen-bond donors (Lipinski definition) is 1. The molecule has 1 atom stereocenters. The van der Waals surface area contributed by atoms with Gasteiger partial charge in [-0.3, -0.25) is 0 Å². The first-order valence-corrected chi connectivity index (χ1v) is 6.08. The van der Waals surface area contributed by atoms with Gasteiger partial charge in [-0.2, -0.15) is 0 Å². The number of halogens is 1. The van der Waals surface area contributed by atoms with Crippen molar-refractivity contribution in [1.82, 2.24) is 0 Å². The Bertz CT molecular complexity index is 396. The van der Waals surface area contributed by atoms with E-state index in [1.165, 1.54) is 17.5 Å². The van der Waals surface area contributed by atoms with Gasteiger partial charge in [0.15, 0.2) is 0 Å². The molecular weight excluding hydrogens is 208 g/mol. The Morgan fingerprint density at radius 3 is 2.80 bits per heavy atom. The lowest BCUT2D eigenvalue weighted by molar-refractivity contribution is 0.0145. The second-order valence-electron chi connectivity index (χ2n) is 4.84. The molecule has 0 heterocycles. The van der Waals surface area contributed by atoms with E-state index in [-0.39, 0.29) is 11.5 Å². The maximum absolute atomic E-state index is 10.2. The van der Waals surface area contributed by atoms with Crippen LogP contribution in [0.2, 0.25) is 5.02 Å². The van der Waals surface area contributed by atoms with Gasteiger partial charge in [0.1, 0.15) is 0 Å². The minimum atomic E-state index is -0.182. The maximum Gasteiger partial charge on any atom is 0.0640 e. The lowest BCUT2D eigenvalue weighted by atomic mass is 9.57. The number of hydrogen-bond acceptors (Lipinski definition) is 1. The summed E-state index contributed by atoms with van der Waals surface area (Å²) in [6, 6.07) is 6.14. The van der Waals surface area contributed by atoms with Crippen molar-refractivity contribution in [3.8, 4) is 0 Å². The third kappa shape index (κ3) is 1.20. The van der Waals surface area contributed by atoms with Crippen molar-refractivity contribution >= 4 is 11.6 Å². The van der Waals surface area contributed by atoms with Crippen molar-refractivity contribution in [3.63, 3.8) is 0 Å². The first-order chi connectivity index (χ1) is 7.24. The van der Waals surface area contributed by atoms with Crippen LogP contribution in [0, 0.1) is 0 Å². The second-order valence-corrected chi connectivity index (χ2v) is 5.25. The lowest BCUT2D eigenvalue weighted by Crippen LogP contribution is -2.48. The van der Waals surface area contributed by atoms with Gasteiger partial charge in [-0.15, -0.1) is 0 Å². The molecular formula is C13H15ClO. The number of fused-ring (bicyclic) bond motifs is 2. The summed E-state index contributed by atoms with van der Waals surface area (Å²) in [5, 5.41) is 11.0. The molecule has 1 fully saturated rings. The second kappa shape index (κ2) is 3.23. The van der Waals surface area contributed by atoms with Gasteiger partial charge in [-0.25, -0.2) is 0 Å². The van der Waals surface area contributed by atoms with Gasteiger partial charge in [-0.1, -0.05) is 30.2 Å². The number of aryl methyl sites for hydroxylation is 1. The largest absolute Gasteiger partial charge is 0.392 e. The fourth-order valence-corrected chi connectivity index (χ4v) is 3.59. The molecule has 1 aromatic carbocycles. The van der Waals surface area contributed by atoms with Crippen LogP contribution < -0.4 is 0 Å². The Kier molecular flexibility index (Phi) is 2.08. The van der Waals surface area contributed by atoms with E-state index in [4.69, 9.17) is 11.6 Å². The van der Waals surface area contributed by atoms with E-state index < -0.39 is 0 Å². The fourth-order valence-electron chi connectivity index (χ4n) is 3.21. The van der Waals surface area contributed by atoms with Crippen LogP contribution in [0.1, 0.15) is 36.8 Å². The quantitative estimate of drug-likeness (QED) is 0.716. The summed E-state index contributed by atoms with van der Waals surface area (Å²) in [4.78, 5) is 0. The summed E-state index contributed by atoms with van der Waals surface area (Å²) in [6.07, 6.45) is 5.11. The van der Waals surface area contributed by atoms with Crippen LogP contribution in [0.3, 0.4) is 0 Å². The van der Waals surface area contributed by atoms with Gasteiger partial charge in [0.05, 0.1) is 6.10 Å². The van der Waals surface area contributed by atoms with Crippen LogP contribution in [0.15, 0.2) is 18.2 Å². The molecule has 80 valence electrons. The summed E-state index contributed by atoms with van der Waals surface area (Å²) in [7, 11) is 0. The van der Waals surface area contributed by atoms with E-state index >= 15 is 0 Å². The van der Waals surface area contributed by atoms with Gasteiger partial charge in [-0.05, 0) is 42.9 Å². The summed E-state index contributed by atoms with van der Waals surface area (Å²) < 4.78 is 0. The average molecular weight is 223 g/mol. The number of benzene rings is 1. The fraction of sp³-hybridized carbons (Fsp3) is 0.538. The van der Waals surface area contributed by atoms with Crippen molar-refractivity contribution in [3.05, 3.63) is 34.3 Å². The molecule has 1 aromatic rings. The Balaban J connectivity index is 2.18. The van der Waals surface area contributed by atoms with E-state index in [0.29, 0.717) is 0 Å². The first kappa shape index (κ1) is 9.68. The number of aliphatic hydroxyl groups is 1. The topological polar surface area (TPSA) is 20.2 Å². The van der Waals surface area contributed by atoms with Crippen molar-refractivity contribution < 1.29 is 5.11 Å². The molecule has 1 spiro atoms. The molecule has 0 aromatic heterocycles. The molecule has 3 rings (SSSR count). The predicted molar refractivity (Wildman–Crippen MR) is 61.3 cm³/mol. The highest BCUT2D eigenvalue weighted by atomic mass is 35.5. The maximum atomic E-state index is 10.2. The van der Waals surface area contributed by atoms with Crippen LogP contribution in [-0.4, -0.2) is 11.2 Å². The van der Waals surface area contributed by atoms with Gasteiger partial charge in [0.2, 0.25) is 0 Å². The molecule has 2 aliphatic carbocycles.